The smallest absolute Gasteiger partial charge is 0.327 e. The van der Waals surface area contributed by atoms with E-state index in [1.54, 1.807) is 0 Å². The molecule has 0 heterocycles. The van der Waals surface area contributed by atoms with Crippen LogP contribution in [0.3, 0.4) is 0 Å². The first kappa shape index (κ1) is 12.8. The molecule has 1 aliphatic rings. The van der Waals surface area contributed by atoms with Gasteiger partial charge >= 0.3 is 6.18 Å². The molecule has 0 spiro atoms. The molecule has 0 bridgehead atoms. The van der Waals surface area contributed by atoms with E-state index in [0.29, 0.717) is 12.3 Å². The zero-order valence-corrected chi connectivity index (χ0v) is 9.02. The zero-order chi connectivity index (χ0) is 11.3. The van der Waals surface area contributed by atoms with Crippen LogP contribution in [0.4, 0.5) is 13.2 Å². The van der Waals surface area contributed by atoms with Crippen LogP contribution < -0.4 is 5.73 Å². The third-order valence-corrected chi connectivity index (χ3v) is 3.25. The molecule has 90 valence electrons. The van der Waals surface area contributed by atoms with Gasteiger partial charge < -0.3 is 5.73 Å². The maximum Gasteiger partial charge on any atom is 0.389 e. The predicted octanol–water partition coefficient (Wildman–Crippen LogP) is 3.63. The first-order valence-corrected chi connectivity index (χ1v) is 5.81. The summed E-state index contributed by atoms with van der Waals surface area (Å²) < 4.78 is 35.7. The minimum absolute atomic E-state index is 0.0207. The summed E-state index contributed by atoms with van der Waals surface area (Å²) in [6, 6.07) is -0.0207. The van der Waals surface area contributed by atoms with Crippen molar-refractivity contribution in [2.75, 3.05) is 0 Å². The Bertz CT molecular complexity index is 173. The average Bonchev–Trinajstić information content (AvgIpc) is 2.17. The molecule has 1 saturated carbocycles. The Morgan fingerprint density at radius 2 is 1.73 bits per heavy atom. The van der Waals surface area contributed by atoms with E-state index in [1.807, 2.05) is 0 Å². The van der Waals surface area contributed by atoms with Crippen molar-refractivity contribution in [3.8, 4) is 0 Å². The van der Waals surface area contributed by atoms with E-state index >= 15 is 0 Å². The highest BCUT2D eigenvalue weighted by molar-refractivity contribution is 4.76. The standard InChI is InChI=1S/C11H20F3N/c12-11(13,14)8-4-7-10(15)9-5-2-1-3-6-9/h9-10H,1-8,15H2. The molecular weight excluding hydrogens is 203 g/mol. The van der Waals surface area contributed by atoms with Gasteiger partial charge in [-0.25, -0.2) is 0 Å². The van der Waals surface area contributed by atoms with Gasteiger partial charge in [-0.3, -0.25) is 0 Å². The second-order valence-corrected chi connectivity index (χ2v) is 4.57. The number of rotatable bonds is 4. The van der Waals surface area contributed by atoms with E-state index in [-0.39, 0.29) is 12.5 Å². The fraction of sp³-hybridized carbons (Fsp3) is 1.00. The van der Waals surface area contributed by atoms with E-state index in [0.717, 1.165) is 12.8 Å². The summed E-state index contributed by atoms with van der Waals surface area (Å²) >= 11 is 0. The Hall–Kier alpha value is -0.250. The Morgan fingerprint density at radius 3 is 2.27 bits per heavy atom. The molecule has 4 heteroatoms. The first-order valence-electron chi connectivity index (χ1n) is 5.81. The Morgan fingerprint density at radius 1 is 1.13 bits per heavy atom. The van der Waals surface area contributed by atoms with Gasteiger partial charge in [-0.2, -0.15) is 13.2 Å². The normalized spacial score (nSPS) is 21.6. The van der Waals surface area contributed by atoms with E-state index in [1.165, 1.54) is 19.3 Å². The number of halogens is 3. The number of hydrogen-bond donors (Lipinski definition) is 1. The number of nitrogens with two attached hydrogens (primary N) is 1. The number of alkyl halides is 3. The van der Waals surface area contributed by atoms with Crippen molar-refractivity contribution in [2.45, 2.75) is 63.6 Å². The maximum atomic E-state index is 11.9. The highest BCUT2D eigenvalue weighted by atomic mass is 19.4. The molecule has 1 rings (SSSR count). The van der Waals surface area contributed by atoms with Gasteiger partial charge in [-0.15, -0.1) is 0 Å². The van der Waals surface area contributed by atoms with Crippen molar-refractivity contribution in [1.29, 1.82) is 0 Å². The molecule has 1 unspecified atom stereocenters. The van der Waals surface area contributed by atoms with Crippen molar-refractivity contribution in [2.24, 2.45) is 11.7 Å². The predicted molar refractivity (Wildman–Crippen MR) is 54.5 cm³/mol. The average molecular weight is 223 g/mol. The Balaban J connectivity index is 2.14. The van der Waals surface area contributed by atoms with E-state index in [4.69, 9.17) is 5.73 Å². The molecule has 0 radical (unpaired) electrons. The van der Waals surface area contributed by atoms with Gasteiger partial charge in [0.25, 0.3) is 0 Å². The summed E-state index contributed by atoms with van der Waals surface area (Å²) in [6.07, 6.45) is 1.84. The van der Waals surface area contributed by atoms with Crippen molar-refractivity contribution in [3.05, 3.63) is 0 Å². The molecule has 0 amide bonds. The highest BCUT2D eigenvalue weighted by Crippen LogP contribution is 2.29. The first-order chi connectivity index (χ1) is 6.99. The summed E-state index contributed by atoms with van der Waals surface area (Å²) in [4.78, 5) is 0. The SMILES string of the molecule is NC(CCCC(F)(F)F)C1CCCCC1. The van der Waals surface area contributed by atoms with Crippen LogP contribution >= 0.6 is 0 Å². The number of hydrogen-bond acceptors (Lipinski definition) is 1. The molecule has 1 fully saturated rings. The van der Waals surface area contributed by atoms with Gasteiger partial charge in [0.2, 0.25) is 0 Å². The lowest BCUT2D eigenvalue weighted by atomic mass is 9.82. The maximum absolute atomic E-state index is 11.9. The fourth-order valence-electron chi connectivity index (χ4n) is 2.34. The van der Waals surface area contributed by atoms with Crippen LogP contribution in [-0.4, -0.2) is 12.2 Å². The van der Waals surface area contributed by atoms with Crippen LogP contribution in [0, 0.1) is 5.92 Å². The molecule has 0 aromatic rings. The summed E-state index contributed by atoms with van der Waals surface area (Å²) in [5, 5.41) is 0. The largest absolute Gasteiger partial charge is 0.389 e. The topological polar surface area (TPSA) is 26.0 Å². The molecule has 0 aromatic heterocycles. The van der Waals surface area contributed by atoms with Crippen LogP contribution in [0.15, 0.2) is 0 Å². The second kappa shape index (κ2) is 5.73. The van der Waals surface area contributed by atoms with Crippen molar-refractivity contribution in [1.82, 2.24) is 0 Å². The fourth-order valence-corrected chi connectivity index (χ4v) is 2.34. The molecular formula is C11H20F3N. The summed E-state index contributed by atoms with van der Waals surface area (Å²) in [6.45, 7) is 0. The van der Waals surface area contributed by atoms with Crippen LogP contribution in [0.5, 0.6) is 0 Å². The lowest BCUT2D eigenvalue weighted by molar-refractivity contribution is -0.135. The lowest BCUT2D eigenvalue weighted by Crippen LogP contribution is -2.31. The van der Waals surface area contributed by atoms with Crippen LogP contribution in [0.25, 0.3) is 0 Å². The third kappa shape index (κ3) is 5.40. The van der Waals surface area contributed by atoms with E-state index < -0.39 is 12.6 Å². The quantitative estimate of drug-likeness (QED) is 0.773. The minimum atomic E-state index is -4.02. The lowest BCUT2D eigenvalue weighted by Gasteiger charge is -2.27. The van der Waals surface area contributed by atoms with Gasteiger partial charge in [0.15, 0.2) is 0 Å². The Kier molecular flexibility index (Phi) is 4.90. The molecule has 0 aromatic carbocycles. The van der Waals surface area contributed by atoms with E-state index in [9.17, 15) is 13.2 Å². The monoisotopic (exact) mass is 223 g/mol. The summed E-state index contributed by atoms with van der Waals surface area (Å²) in [5.41, 5.74) is 5.91. The van der Waals surface area contributed by atoms with Crippen molar-refractivity contribution >= 4 is 0 Å². The molecule has 0 saturated heterocycles. The summed E-state index contributed by atoms with van der Waals surface area (Å²) in [7, 11) is 0. The van der Waals surface area contributed by atoms with E-state index in [2.05, 4.69) is 0 Å². The molecule has 15 heavy (non-hydrogen) atoms. The van der Waals surface area contributed by atoms with Crippen LogP contribution in [0.1, 0.15) is 51.4 Å². The Labute approximate surface area is 89.2 Å². The molecule has 1 aliphatic carbocycles. The molecule has 0 aliphatic heterocycles. The highest BCUT2D eigenvalue weighted by Gasteiger charge is 2.27. The van der Waals surface area contributed by atoms with Gasteiger partial charge in [0.05, 0.1) is 0 Å². The van der Waals surface area contributed by atoms with Gasteiger partial charge in [-0.1, -0.05) is 19.3 Å². The molecule has 2 N–H and O–H groups in total. The van der Waals surface area contributed by atoms with Crippen molar-refractivity contribution < 1.29 is 13.2 Å². The van der Waals surface area contributed by atoms with Gasteiger partial charge in [-0.05, 0) is 31.6 Å². The minimum Gasteiger partial charge on any atom is -0.327 e. The van der Waals surface area contributed by atoms with Crippen molar-refractivity contribution in [3.63, 3.8) is 0 Å². The van der Waals surface area contributed by atoms with Gasteiger partial charge in [0, 0.05) is 12.5 Å². The molecule has 1 nitrogen and oxygen atoms in total. The van der Waals surface area contributed by atoms with Gasteiger partial charge in [0.1, 0.15) is 0 Å². The summed E-state index contributed by atoms with van der Waals surface area (Å²) in [5.74, 6) is 0.465. The second-order valence-electron chi connectivity index (χ2n) is 4.57. The zero-order valence-electron chi connectivity index (χ0n) is 9.02. The van der Waals surface area contributed by atoms with Crippen LogP contribution in [-0.2, 0) is 0 Å². The van der Waals surface area contributed by atoms with Crippen LogP contribution in [0.2, 0.25) is 0 Å². The third-order valence-electron chi connectivity index (χ3n) is 3.25. The molecule has 1 atom stereocenters.